The van der Waals surface area contributed by atoms with Gasteiger partial charge in [-0.3, -0.25) is 6.29 Å². The Bertz CT molecular complexity index is 69.5. The zero-order valence-corrected chi connectivity index (χ0v) is 10.4. The Morgan fingerprint density at radius 2 is 1.82 bits per heavy atom. The maximum atomic E-state index is 8.68. The number of hydrogen-bond acceptors (Lipinski definition) is 3. The molecular formula is C7H14OS2V. The van der Waals surface area contributed by atoms with Crippen molar-refractivity contribution in [2.24, 2.45) is 0 Å². The molecule has 0 aromatic carbocycles. The van der Waals surface area contributed by atoms with Crippen LogP contribution < -0.4 is 0 Å². The molecule has 65 valence electrons. The average Bonchev–Trinajstić information content (AvgIpc) is 1.85. The third-order valence-electron chi connectivity index (χ3n) is 0.465. The van der Waals surface area contributed by atoms with Crippen LogP contribution in [0.1, 0.15) is 20.8 Å². The summed E-state index contributed by atoms with van der Waals surface area (Å²) in [4.78, 5) is 8.68. The Hall–Kier alpha value is 0.954. The molecule has 1 radical (unpaired) electrons. The summed E-state index contributed by atoms with van der Waals surface area (Å²) in [5.41, 5.74) is 0. The molecule has 0 amide bonds. The van der Waals surface area contributed by atoms with Gasteiger partial charge in [-0.05, 0) is 6.26 Å². The van der Waals surface area contributed by atoms with Gasteiger partial charge in [0.05, 0.1) is 0 Å². The molecule has 4 heteroatoms. The minimum atomic E-state index is 0. The van der Waals surface area contributed by atoms with Crippen molar-refractivity contribution >= 4 is 27.9 Å². The van der Waals surface area contributed by atoms with Gasteiger partial charge < -0.3 is 10.7 Å². The normalized spacial score (nSPS) is 7.73. The average molecular weight is 229 g/mol. The molecule has 0 heterocycles. The third kappa shape index (κ3) is 35.8. The SMILES string of the molecule is CSSC[C-](C)C.C[C-]=O.[V+2]. The summed E-state index contributed by atoms with van der Waals surface area (Å²) in [7, 11) is 3.72. The first-order valence-electron chi connectivity index (χ1n) is 2.92. The van der Waals surface area contributed by atoms with E-state index in [2.05, 4.69) is 20.1 Å². The monoisotopic (exact) mass is 229 g/mol. The largest absolute Gasteiger partial charge is 2.00 e. The summed E-state index contributed by atoms with van der Waals surface area (Å²) in [5, 5.41) is 0. The topological polar surface area (TPSA) is 17.1 Å². The quantitative estimate of drug-likeness (QED) is 0.547. The Kier molecular flexibility index (Phi) is 27.9. The van der Waals surface area contributed by atoms with Crippen LogP contribution in [0.5, 0.6) is 0 Å². The van der Waals surface area contributed by atoms with Gasteiger partial charge in [-0.1, -0.05) is 0 Å². The zero-order chi connectivity index (χ0) is 8.41. The van der Waals surface area contributed by atoms with Gasteiger partial charge in [-0.15, -0.1) is 27.3 Å². The molecular weight excluding hydrogens is 215 g/mol. The fourth-order valence-corrected chi connectivity index (χ4v) is 1.59. The van der Waals surface area contributed by atoms with Crippen LogP contribution in [0.4, 0.5) is 0 Å². The van der Waals surface area contributed by atoms with E-state index >= 15 is 0 Å². The van der Waals surface area contributed by atoms with Gasteiger partial charge in [0.2, 0.25) is 0 Å². The number of carbonyl (C=O) groups excluding carboxylic acids is 1. The van der Waals surface area contributed by atoms with Crippen LogP contribution in [-0.4, -0.2) is 18.3 Å². The molecule has 0 saturated carbocycles. The summed E-state index contributed by atoms with van der Waals surface area (Å²) in [5.74, 6) is 2.70. The van der Waals surface area contributed by atoms with Crippen LogP contribution in [0.25, 0.3) is 0 Å². The Balaban J connectivity index is -0.000000140. The van der Waals surface area contributed by atoms with Crippen LogP contribution >= 0.6 is 21.6 Å². The van der Waals surface area contributed by atoms with Gasteiger partial charge in [-0.2, -0.15) is 20.8 Å². The molecule has 0 atom stereocenters. The van der Waals surface area contributed by atoms with E-state index < -0.39 is 0 Å². The van der Waals surface area contributed by atoms with E-state index in [0.717, 1.165) is 0 Å². The Morgan fingerprint density at radius 3 is 1.91 bits per heavy atom. The first-order chi connectivity index (χ1) is 4.68. The second kappa shape index (κ2) is 17.2. The van der Waals surface area contributed by atoms with E-state index in [9.17, 15) is 0 Å². The van der Waals surface area contributed by atoms with Crippen LogP contribution in [0.2, 0.25) is 0 Å². The standard InChI is InChI=1S/C5H11S2.C2H3O.V/c1-5(2)4-7-6-3;1-2-3;/h4H2,1-3H3;1H3;/q2*-1;+2. The van der Waals surface area contributed by atoms with E-state index in [1.807, 2.05) is 21.6 Å². The molecule has 0 aliphatic rings. The predicted octanol–water partition coefficient (Wildman–Crippen LogP) is 2.73. The van der Waals surface area contributed by atoms with Gasteiger partial charge in [0.25, 0.3) is 0 Å². The molecule has 1 nitrogen and oxygen atoms in total. The Labute approximate surface area is 89.8 Å². The summed E-state index contributed by atoms with van der Waals surface area (Å²) in [6.45, 7) is 5.63. The van der Waals surface area contributed by atoms with Crippen molar-refractivity contribution in [2.75, 3.05) is 12.0 Å². The molecule has 0 fully saturated rings. The molecule has 0 bridgehead atoms. The second-order valence-corrected chi connectivity index (χ2v) is 4.40. The molecule has 0 aliphatic heterocycles. The van der Waals surface area contributed by atoms with Crippen molar-refractivity contribution in [1.82, 2.24) is 0 Å². The molecule has 0 spiro atoms. The van der Waals surface area contributed by atoms with E-state index in [1.165, 1.54) is 24.9 Å². The summed E-state index contributed by atoms with van der Waals surface area (Å²) in [6.07, 6.45) is 3.60. The van der Waals surface area contributed by atoms with Gasteiger partial charge in [-0.25, -0.2) is 0 Å². The van der Waals surface area contributed by atoms with Crippen molar-refractivity contribution < 1.29 is 23.4 Å². The fraction of sp³-hybridized carbons (Fsp3) is 0.714. The van der Waals surface area contributed by atoms with Crippen molar-refractivity contribution in [1.29, 1.82) is 0 Å². The van der Waals surface area contributed by atoms with Crippen LogP contribution in [0.15, 0.2) is 0 Å². The molecule has 0 rings (SSSR count). The molecule has 0 unspecified atom stereocenters. The van der Waals surface area contributed by atoms with Gasteiger partial charge >= 0.3 is 18.6 Å². The van der Waals surface area contributed by atoms with Crippen LogP contribution in [0.3, 0.4) is 0 Å². The fourth-order valence-electron chi connectivity index (χ4n) is 0.177. The smallest absolute Gasteiger partial charge is 0.542 e. The van der Waals surface area contributed by atoms with Crippen molar-refractivity contribution in [3.63, 3.8) is 0 Å². The summed E-state index contributed by atoms with van der Waals surface area (Å²) < 4.78 is 0. The second-order valence-electron chi connectivity index (χ2n) is 1.84. The van der Waals surface area contributed by atoms with E-state index in [0.29, 0.717) is 0 Å². The minimum absolute atomic E-state index is 0. The molecule has 0 aromatic rings. The summed E-state index contributed by atoms with van der Waals surface area (Å²) in [6, 6.07) is 0. The van der Waals surface area contributed by atoms with E-state index in [1.54, 1.807) is 0 Å². The van der Waals surface area contributed by atoms with Crippen molar-refractivity contribution in [3.8, 4) is 0 Å². The molecule has 0 aromatic heterocycles. The van der Waals surface area contributed by atoms with Crippen molar-refractivity contribution in [3.05, 3.63) is 5.92 Å². The number of hydrogen-bond donors (Lipinski definition) is 0. The number of rotatable bonds is 3. The first-order valence-corrected chi connectivity index (χ1v) is 5.65. The van der Waals surface area contributed by atoms with Gasteiger partial charge in [0.15, 0.2) is 0 Å². The molecule has 11 heavy (non-hydrogen) atoms. The first kappa shape index (κ1) is 17.9. The minimum Gasteiger partial charge on any atom is -0.542 e. The Morgan fingerprint density at radius 1 is 1.45 bits per heavy atom. The predicted molar refractivity (Wildman–Crippen MR) is 51.9 cm³/mol. The maximum Gasteiger partial charge on any atom is 2.00 e. The van der Waals surface area contributed by atoms with Crippen molar-refractivity contribution in [2.45, 2.75) is 20.8 Å². The third-order valence-corrected chi connectivity index (χ3v) is 2.46. The molecule has 0 aliphatic carbocycles. The van der Waals surface area contributed by atoms with Crippen LogP contribution in [0, 0.1) is 5.92 Å². The summed E-state index contributed by atoms with van der Waals surface area (Å²) >= 11 is 0. The van der Waals surface area contributed by atoms with E-state index in [4.69, 9.17) is 4.79 Å². The zero-order valence-electron chi connectivity index (χ0n) is 7.38. The molecule has 0 saturated heterocycles. The van der Waals surface area contributed by atoms with E-state index in [-0.39, 0.29) is 18.6 Å². The van der Waals surface area contributed by atoms with Gasteiger partial charge in [0.1, 0.15) is 0 Å². The van der Waals surface area contributed by atoms with Crippen LogP contribution in [-0.2, 0) is 23.4 Å². The molecule has 0 N–H and O–H groups in total. The maximum absolute atomic E-state index is 8.68. The van der Waals surface area contributed by atoms with Gasteiger partial charge in [0, 0.05) is 0 Å².